The van der Waals surface area contributed by atoms with Crippen molar-refractivity contribution in [3.63, 3.8) is 0 Å². The molecular formula is C23H24F3N5O4S2. The molecule has 198 valence electrons. The number of aromatic nitrogens is 2. The third kappa shape index (κ3) is 6.49. The average Bonchev–Trinajstić information content (AvgIpc) is 3.17. The highest BCUT2D eigenvalue weighted by Gasteiger charge is 2.30. The summed E-state index contributed by atoms with van der Waals surface area (Å²) in [5.41, 5.74) is 5.38. The number of amides is 1. The van der Waals surface area contributed by atoms with Crippen molar-refractivity contribution in [2.45, 2.75) is 50.7 Å². The van der Waals surface area contributed by atoms with Gasteiger partial charge in [0.15, 0.2) is 5.13 Å². The van der Waals surface area contributed by atoms with Crippen LogP contribution in [0.4, 0.5) is 24.0 Å². The Morgan fingerprint density at radius 2 is 1.92 bits per heavy atom. The first kappa shape index (κ1) is 26.7. The van der Waals surface area contributed by atoms with Crippen LogP contribution in [0, 0.1) is 6.92 Å². The number of nitrogens with one attached hydrogen (secondary N) is 2. The SMILES string of the molecule is Cc1ccc(NS(=O)(=O)Cc2ccc(C(F)(F)F)cc2)c(=O)n1CC(=O)NC1CCc2nc(N)sc2C1. The highest BCUT2D eigenvalue weighted by Crippen LogP contribution is 2.30. The molecule has 3 aromatic rings. The van der Waals surface area contributed by atoms with Crippen molar-refractivity contribution in [1.29, 1.82) is 0 Å². The number of fused-ring (bicyclic) bond motifs is 1. The van der Waals surface area contributed by atoms with Gasteiger partial charge in [0.05, 0.1) is 17.0 Å². The molecule has 1 amide bonds. The zero-order valence-electron chi connectivity index (χ0n) is 19.6. The van der Waals surface area contributed by atoms with E-state index in [4.69, 9.17) is 5.73 Å². The number of nitrogen functional groups attached to an aromatic ring is 1. The fourth-order valence-electron chi connectivity index (χ4n) is 4.09. The first-order valence-electron chi connectivity index (χ1n) is 11.2. The van der Waals surface area contributed by atoms with Gasteiger partial charge in [-0.3, -0.25) is 14.3 Å². The Kier molecular flexibility index (Phi) is 7.33. The molecule has 2 aromatic heterocycles. The van der Waals surface area contributed by atoms with Gasteiger partial charge in [0.1, 0.15) is 12.2 Å². The van der Waals surface area contributed by atoms with E-state index in [9.17, 15) is 31.2 Å². The largest absolute Gasteiger partial charge is 0.416 e. The second kappa shape index (κ2) is 10.2. The summed E-state index contributed by atoms with van der Waals surface area (Å²) >= 11 is 1.38. The molecule has 2 heterocycles. The number of nitrogens with two attached hydrogens (primary N) is 1. The number of benzene rings is 1. The number of carbonyl (C=O) groups excluding carboxylic acids is 1. The van der Waals surface area contributed by atoms with Crippen molar-refractivity contribution in [3.8, 4) is 0 Å². The van der Waals surface area contributed by atoms with E-state index in [1.54, 1.807) is 6.92 Å². The predicted molar refractivity (Wildman–Crippen MR) is 134 cm³/mol. The van der Waals surface area contributed by atoms with E-state index in [-0.39, 0.29) is 23.8 Å². The lowest BCUT2D eigenvalue weighted by Gasteiger charge is -2.23. The quantitative estimate of drug-likeness (QED) is 0.410. The maximum atomic E-state index is 13.0. The van der Waals surface area contributed by atoms with Crippen molar-refractivity contribution in [1.82, 2.24) is 14.9 Å². The number of halogens is 3. The van der Waals surface area contributed by atoms with Crippen LogP contribution in [0.2, 0.25) is 0 Å². The number of nitrogens with zero attached hydrogens (tertiary/aromatic N) is 2. The first-order valence-corrected chi connectivity index (χ1v) is 13.7. The van der Waals surface area contributed by atoms with Gasteiger partial charge in [0.25, 0.3) is 5.56 Å². The molecule has 4 rings (SSSR count). The standard InChI is InChI=1S/C23H24F3N5O4S2/c1-13-2-8-18(30-37(34,35)12-14-3-5-15(6-4-14)23(24,25)26)21(33)31(13)11-20(32)28-16-7-9-17-19(10-16)36-22(27)29-17/h2-6,8,16,30H,7,9-12H2,1H3,(H2,27,29)(H,28,32). The molecule has 0 aliphatic heterocycles. The smallest absolute Gasteiger partial charge is 0.375 e. The van der Waals surface area contributed by atoms with Gasteiger partial charge in [-0.1, -0.05) is 12.1 Å². The molecule has 1 aromatic carbocycles. The van der Waals surface area contributed by atoms with Crippen LogP contribution in [0.25, 0.3) is 0 Å². The Labute approximate surface area is 214 Å². The monoisotopic (exact) mass is 555 g/mol. The summed E-state index contributed by atoms with van der Waals surface area (Å²) in [6.45, 7) is 1.30. The highest BCUT2D eigenvalue weighted by molar-refractivity contribution is 7.91. The number of rotatable bonds is 7. The van der Waals surface area contributed by atoms with Crippen LogP contribution < -0.4 is 21.3 Å². The molecule has 1 unspecified atom stereocenters. The van der Waals surface area contributed by atoms with Crippen molar-refractivity contribution < 1.29 is 26.4 Å². The Hall–Kier alpha value is -3.39. The van der Waals surface area contributed by atoms with Gasteiger partial charge >= 0.3 is 6.18 Å². The summed E-state index contributed by atoms with van der Waals surface area (Å²) in [4.78, 5) is 31.0. The van der Waals surface area contributed by atoms with E-state index in [0.717, 1.165) is 39.4 Å². The van der Waals surface area contributed by atoms with E-state index in [2.05, 4.69) is 15.0 Å². The second-order valence-electron chi connectivity index (χ2n) is 8.76. The molecule has 4 N–H and O–H groups in total. The Morgan fingerprint density at radius 1 is 1.22 bits per heavy atom. The fraction of sp³-hybridized carbons (Fsp3) is 0.348. The van der Waals surface area contributed by atoms with Crippen molar-refractivity contribution in [3.05, 3.63) is 74.1 Å². The first-order chi connectivity index (χ1) is 17.3. The molecule has 0 spiro atoms. The normalized spacial score (nSPS) is 15.7. The maximum absolute atomic E-state index is 13.0. The number of carbonyl (C=O) groups is 1. The molecule has 14 heteroatoms. The molecule has 0 saturated heterocycles. The summed E-state index contributed by atoms with van der Waals surface area (Å²) in [6, 6.07) is 6.36. The van der Waals surface area contributed by atoms with Crippen molar-refractivity contribution >= 4 is 38.1 Å². The molecule has 0 saturated carbocycles. The molecule has 1 atom stereocenters. The minimum absolute atomic E-state index is 0.116. The number of alkyl halides is 3. The number of anilines is 2. The van der Waals surface area contributed by atoms with Gasteiger partial charge in [0, 0.05) is 23.0 Å². The molecule has 37 heavy (non-hydrogen) atoms. The lowest BCUT2D eigenvalue weighted by Crippen LogP contribution is -2.42. The summed E-state index contributed by atoms with van der Waals surface area (Å²) in [5, 5.41) is 3.39. The van der Waals surface area contributed by atoms with Gasteiger partial charge in [0.2, 0.25) is 15.9 Å². The maximum Gasteiger partial charge on any atom is 0.416 e. The van der Waals surface area contributed by atoms with E-state index in [0.29, 0.717) is 30.1 Å². The van der Waals surface area contributed by atoms with Crippen LogP contribution in [0.15, 0.2) is 41.2 Å². The van der Waals surface area contributed by atoms with Crippen molar-refractivity contribution in [2.24, 2.45) is 0 Å². The summed E-state index contributed by atoms with van der Waals surface area (Å²) in [6.07, 6.45) is -2.58. The Bertz CT molecular complexity index is 1480. The lowest BCUT2D eigenvalue weighted by atomic mass is 9.98. The molecule has 1 aliphatic rings. The van der Waals surface area contributed by atoms with Gasteiger partial charge < -0.3 is 15.6 Å². The van der Waals surface area contributed by atoms with E-state index in [1.807, 2.05) is 0 Å². The van der Waals surface area contributed by atoms with E-state index in [1.165, 1.54) is 23.5 Å². The minimum Gasteiger partial charge on any atom is -0.375 e. The Morgan fingerprint density at radius 3 is 2.59 bits per heavy atom. The third-order valence-corrected chi connectivity index (χ3v) is 8.11. The fourth-order valence-corrected chi connectivity index (χ4v) is 6.25. The predicted octanol–water partition coefficient (Wildman–Crippen LogP) is 2.83. The second-order valence-corrected chi connectivity index (χ2v) is 11.6. The summed E-state index contributed by atoms with van der Waals surface area (Å²) < 4.78 is 66.8. The number of hydrogen-bond acceptors (Lipinski definition) is 7. The number of sulfonamides is 1. The minimum atomic E-state index is -4.54. The number of hydrogen-bond donors (Lipinski definition) is 3. The van der Waals surface area contributed by atoms with E-state index >= 15 is 0 Å². The summed E-state index contributed by atoms with van der Waals surface area (Å²) in [5.74, 6) is -1.04. The molecular weight excluding hydrogens is 531 g/mol. The Balaban J connectivity index is 1.43. The lowest BCUT2D eigenvalue weighted by molar-refractivity contribution is -0.137. The number of pyridine rings is 1. The third-order valence-electron chi connectivity index (χ3n) is 5.92. The number of aryl methyl sites for hydroxylation is 2. The van der Waals surface area contributed by atoms with E-state index < -0.39 is 39.0 Å². The van der Waals surface area contributed by atoms with Gasteiger partial charge in [-0.05, 0) is 49.6 Å². The van der Waals surface area contributed by atoms with Crippen LogP contribution >= 0.6 is 11.3 Å². The van der Waals surface area contributed by atoms with Crippen LogP contribution in [0.1, 0.15) is 33.8 Å². The molecule has 0 fully saturated rings. The van der Waals surface area contributed by atoms with Gasteiger partial charge in [-0.2, -0.15) is 13.2 Å². The van der Waals surface area contributed by atoms with Crippen LogP contribution in [0.5, 0.6) is 0 Å². The van der Waals surface area contributed by atoms with Gasteiger partial charge in [-0.15, -0.1) is 11.3 Å². The zero-order valence-corrected chi connectivity index (χ0v) is 21.3. The van der Waals surface area contributed by atoms with Crippen LogP contribution in [0.3, 0.4) is 0 Å². The average molecular weight is 556 g/mol. The topological polar surface area (TPSA) is 136 Å². The molecule has 9 nitrogen and oxygen atoms in total. The number of thiazole rings is 1. The highest BCUT2D eigenvalue weighted by atomic mass is 32.2. The molecule has 1 aliphatic carbocycles. The molecule has 0 radical (unpaired) electrons. The van der Waals surface area contributed by atoms with Crippen molar-refractivity contribution in [2.75, 3.05) is 10.5 Å². The molecule has 0 bridgehead atoms. The van der Waals surface area contributed by atoms with Gasteiger partial charge in [-0.25, -0.2) is 13.4 Å². The summed E-state index contributed by atoms with van der Waals surface area (Å²) in [7, 11) is -4.13. The zero-order chi connectivity index (χ0) is 27.0. The van der Waals surface area contributed by atoms with Crippen LogP contribution in [-0.2, 0) is 46.1 Å². The van der Waals surface area contributed by atoms with Crippen LogP contribution in [-0.4, -0.2) is 29.9 Å².